The van der Waals surface area contributed by atoms with Crippen molar-refractivity contribution in [2.75, 3.05) is 13.2 Å². The third kappa shape index (κ3) is 63.6. The maximum atomic E-state index is 11.2. The minimum absolute atomic E-state index is 0.0115. The number of hydrogen-bond donors (Lipinski definition) is 1. The zero-order valence-corrected chi connectivity index (χ0v) is 31.2. The van der Waals surface area contributed by atoms with Crippen molar-refractivity contribution < 1.29 is 19.4 Å². The molecule has 0 rings (SSSR count). The van der Waals surface area contributed by atoms with E-state index in [1.165, 1.54) is 89.9 Å². The molecule has 0 aliphatic carbocycles. The fourth-order valence-electron chi connectivity index (χ4n) is 3.81. The summed E-state index contributed by atoms with van der Waals surface area (Å²) in [7, 11) is 0. The summed E-state index contributed by atoms with van der Waals surface area (Å²) in [5.41, 5.74) is 0. The van der Waals surface area contributed by atoms with Crippen LogP contribution in [-0.2, 0) is 14.3 Å². The lowest BCUT2D eigenvalue weighted by molar-refractivity contribution is -0.143. The van der Waals surface area contributed by atoms with E-state index in [-0.39, 0.29) is 5.97 Å². The van der Waals surface area contributed by atoms with Crippen molar-refractivity contribution in [1.82, 2.24) is 0 Å². The molecule has 0 heterocycles. The number of Topliss-reactive ketones (excluding diaryl/α,β-unsaturated/α-hetero) is 1. The topological polar surface area (TPSA) is 63.6 Å². The van der Waals surface area contributed by atoms with Crippen LogP contribution in [0, 0.1) is 19.1 Å². The molecule has 0 aromatic carbocycles. The highest BCUT2D eigenvalue weighted by molar-refractivity contribution is 5.78. The molecule has 0 fully saturated rings. The van der Waals surface area contributed by atoms with E-state index in [0.717, 1.165) is 51.4 Å². The van der Waals surface area contributed by atoms with Crippen LogP contribution in [0.15, 0.2) is 12.2 Å². The summed E-state index contributed by atoms with van der Waals surface area (Å²) in [6.07, 6.45) is 29.5. The standard InChI is InChI=1S/C13H26O2.C9H18O.C6H14O.2C6H11/c1-3-5-7-9-11-13(14)15-12-10-8-6-4-2;1-4-6-7-9(5-2)8(3)10;1-2-3-4-5-6-7;2*1-3-5-6-4-2/h3-12H2,1-2H3;9H,4-7H2,1-3H3;7H,2-6H2,1H3;2*1,3H,4-6H2,2H3/q;;;2*+1. The Labute approximate surface area is 278 Å². The van der Waals surface area contributed by atoms with Gasteiger partial charge in [-0.1, -0.05) is 132 Å². The number of carbonyl (C=O) groups is 2. The van der Waals surface area contributed by atoms with Crippen LogP contribution in [0.2, 0.25) is 0 Å². The fraction of sp³-hybridized carbons (Fsp3) is 0.850. The number of carbonyl (C=O) groups excluding carboxylic acids is 2. The van der Waals surface area contributed by atoms with Crippen molar-refractivity contribution in [3.8, 4) is 0 Å². The van der Waals surface area contributed by atoms with Crippen molar-refractivity contribution in [3.05, 3.63) is 25.3 Å². The van der Waals surface area contributed by atoms with Crippen LogP contribution < -0.4 is 0 Å². The van der Waals surface area contributed by atoms with Crippen molar-refractivity contribution in [1.29, 1.82) is 0 Å². The maximum absolute atomic E-state index is 11.2. The molecule has 0 amide bonds. The van der Waals surface area contributed by atoms with Crippen LogP contribution >= 0.6 is 0 Å². The lowest BCUT2D eigenvalue weighted by Gasteiger charge is -2.08. The van der Waals surface area contributed by atoms with Crippen LogP contribution in [0.25, 0.3) is 0 Å². The molecule has 0 saturated carbocycles. The van der Waals surface area contributed by atoms with Gasteiger partial charge in [0.25, 0.3) is 0 Å². The average Bonchev–Trinajstić information content (AvgIpc) is 3.02. The highest BCUT2D eigenvalue weighted by atomic mass is 16.5. The minimum atomic E-state index is -0.0115. The molecule has 4 nitrogen and oxygen atoms in total. The molecule has 1 N–H and O–H groups in total. The molecule has 1 atom stereocenters. The van der Waals surface area contributed by atoms with Crippen molar-refractivity contribution in [2.45, 2.75) is 203 Å². The first-order chi connectivity index (χ1) is 21.3. The van der Waals surface area contributed by atoms with Gasteiger partial charge in [0.1, 0.15) is 5.78 Å². The quantitative estimate of drug-likeness (QED) is 0.0623. The van der Waals surface area contributed by atoms with Gasteiger partial charge in [0.2, 0.25) is 13.2 Å². The smallest absolute Gasteiger partial charge is 0.305 e. The Balaban J connectivity index is -0.000000152. The molecule has 0 aromatic rings. The molecule has 0 saturated heterocycles. The van der Waals surface area contributed by atoms with Crippen molar-refractivity contribution in [2.24, 2.45) is 5.92 Å². The number of ketones is 1. The van der Waals surface area contributed by atoms with Crippen LogP contribution in [-0.4, -0.2) is 30.1 Å². The van der Waals surface area contributed by atoms with Gasteiger partial charge >= 0.3 is 5.97 Å². The second kappa shape index (κ2) is 53.9. The van der Waals surface area contributed by atoms with E-state index in [9.17, 15) is 9.59 Å². The van der Waals surface area contributed by atoms with E-state index >= 15 is 0 Å². The van der Waals surface area contributed by atoms with Crippen molar-refractivity contribution in [3.63, 3.8) is 0 Å². The Kier molecular flexibility index (Phi) is 63.7. The average molecular weight is 625 g/mol. The number of hydrogen-bond acceptors (Lipinski definition) is 4. The Morgan fingerprint density at radius 2 is 1.05 bits per heavy atom. The molecule has 0 spiro atoms. The third-order valence-corrected chi connectivity index (χ3v) is 6.93. The van der Waals surface area contributed by atoms with Crippen LogP contribution in [0.5, 0.6) is 0 Å². The number of aliphatic hydroxyl groups is 1. The van der Waals surface area contributed by atoms with Gasteiger partial charge in [-0.3, -0.25) is 9.59 Å². The number of aliphatic hydroxyl groups excluding tert-OH is 1. The minimum Gasteiger partial charge on any atom is -0.466 e. The van der Waals surface area contributed by atoms with E-state index in [1.807, 2.05) is 0 Å². The van der Waals surface area contributed by atoms with Gasteiger partial charge in [-0.15, -0.1) is 0 Å². The molecule has 0 bridgehead atoms. The summed E-state index contributed by atoms with van der Waals surface area (Å²) in [6.45, 7) is 27.9. The SMILES string of the molecule is CCCCC(CC)C(C)=O.CCCCCCO.CCCCCCOC(=O)CCCCCC.[CH+]=CCCCC.[CH+]=CCCCC. The summed E-state index contributed by atoms with van der Waals surface area (Å²) in [4.78, 5) is 22.1. The lowest BCUT2D eigenvalue weighted by Crippen LogP contribution is -2.08. The van der Waals surface area contributed by atoms with Gasteiger partial charge in [-0.25, -0.2) is 0 Å². The largest absolute Gasteiger partial charge is 0.466 e. The highest BCUT2D eigenvalue weighted by Gasteiger charge is 2.09. The Hall–Kier alpha value is -1.60. The van der Waals surface area contributed by atoms with Gasteiger partial charge in [-0.05, 0) is 51.9 Å². The molecular formula is C40H80O4+2. The van der Waals surface area contributed by atoms with E-state index in [2.05, 4.69) is 48.5 Å². The van der Waals surface area contributed by atoms with E-state index in [0.29, 0.717) is 31.3 Å². The zero-order chi connectivity index (χ0) is 34.5. The Bertz CT molecular complexity index is 513. The molecule has 1 unspecified atom stereocenters. The zero-order valence-electron chi connectivity index (χ0n) is 31.2. The first-order valence-electron chi connectivity index (χ1n) is 18.6. The van der Waals surface area contributed by atoms with Crippen LogP contribution in [0.4, 0.5) is 0 Å². The summed E-state index contributed by atoms with van der Waals surface area (Å²) < 4.78 is 5.13. The molecular weight excluding hydrogens is 544 g/mol. The van der Waals surface area contributed by atoms with Crippen molar-refractivity contribution >= 4 is 11.8 Å². The number of allylic oxidation sites excluding steroid dienone is 2. The van der Waals surface area contributed by atoms with Gasteiger partial charge in [0.05, 0.1) is 6.61 Å². The summed E-state index contributed by atoms with van der Waals surface area (Å²) in [5, 5.41) is 8.29. The normalized spacial score (nSPS) is 10.2. The number of ether oxygens (including phenoxy) is 1. The summed E-state index contributed by atoms with van der Waals surface area (Å²) in [5.74, 6) is 0.679. The second-order valence-corrected chi connectivity index (χ2v) is 11.5. The summed E-state index contributed by atoms with van der Waals surface area (Å²) in [6, 6.07) is 0. The molecule has 4 heteroatoms. The predicted molar refractivity (Wildman–Crippen MR) is 196 cm³/mol. The molecule has 262 valence electrons. The summed E-state index contributed by atoms with van der Waals surface area (Å²) >= 11 is 0. The monoisotopic (exact) mass is 625 g/mol. The lowest BCUT2D eigenvalue weighted by atomic mass is 9.96. The molecule has 0 radical (unpaired) electrons. The highest BCUT2D eigenvalue weighted by Crippen LogP contribution is 2.12. The number of unbranched alkanes of at least 4 members (excludes halogenated alkanes) is 14. The molecule has 0 aliphatic rings. The Morgan fingerprint density at radius 1 is 0.614 bits per heavy atom. The van der Waals surface area contributed by atoms with Gasteiger partial charge in [-0.2, -0.15) is 0 Å². The number of esters is 1. The van der Waals surface area contributed by atoms with Gasteiger partial charge in [0.15, 0.2) is 12.2 Å². The molecule has 44 heavy (non-hydrogen) atoms. The van der Waals surface area contributed by atoms with Gasteiger partial charge < -0.3 is 9.84 Å². The number of rotatable bonds is 25. The fourth-order valence-corrected chi connectivity index (χ4v) is 3.81. The van der Waals surface area contributed by atoms with E-state index in [1.54, 1.807) is 19.1 Å². The first-order valence-corrected chi connectivity index (χ1v) is 18.6. The predicted octanol–water partition coefficient (Wildman–Crippen LogP) is 12.8. The molecule has 0 aliphatic heterocycles. The third-order valence-electron chi connectivity index (χ3n) is 6.93. The van der Waals surface area contributed by atoms with Crippen LogP contribution in [0.1, 0.15) is 203 Å². The van der Waals surface area contributed by atoms with Gasteiger partial charge in [0, 0.05) is 31.8 Å². The van der Waals surface area contributed by atoms with E-state index in [4.69, 9.17) is 23.0 Å². The molecule has 0 aromatic heterocycles. The van der Waals surface area contributed by atoms with E-state index < -0.39 is 0 Å². The Morgan fingerprint density at radius 3 is 1.39 bits per heavy atom. The van der Waals surface area contributed by atoms with Crippen LogP contribution in [0.3, 0.4) is 0 Å². The second-order valence-electron chi connectivity index (χ2n) is 11.5. The maximum Gasteiger partial charge on any atom is 0.305 e. The first kappa shape index (κ1) is 52.0.